The highest BCUT2D eigenvalue weighted by molar-refractivity contribution is 5.67. The summed E-state index contributed by atoms with van der Waals surface area (Å²) < 4.78 is 5.27. The van der Waals surface area contributed by atoms with Crippen molar-refractivity contribution in [3.05, 3.63) is 35.9 Å². The van der Waals surface area contributed by atoms with Crippen LogP contribution in [0.2, 0.25) is 0 Å². The van der Waals surface area contributed by atoms with Crippen molar-refractivity contribution >= 4 is 6.09 Å². The van der Waals surface area contributed by atoms with Gasteiger partial charge < -0.3 is 14.7 Å². The Bertz CT molecular complexity index is 407. The number of aliphatic hydroxyl groups excluding tert-OH is 1. The molecule has 104 valence electrons. The zero-order valence-corrected chi connectivity index (χ0v) is 11.3. The van der Waals surface area contributed by atoms with Gasteiger partial charge in [0.2, 0.25) is 0 Å². The van der Waals surface area contributed by atoms with Crippen molar-refractivity contribution in [3.63, 3.8) is 0 Å². The number of amides is 1. The van der Waals surface area contributed by atoms with Gasteiger partial charge in [-0.05, 0) is 18.4 Å². The molecule has 2 atom stereocenters. The summed E-state index contributed by atoms with van der Waals surface area (Å²) in [7, 11) is 1.70. The van der Waals surface area contributed by atoms with Crippen LogP contribution in [-0.4, -0.2) is 35.3 Å². The van der Waals surface area contributed by atoms with Crippen LogP contribution in [0.25, 0.3) is 0 Å². The normalized spacial score (nSPS) is 22.8. The van der Waals surface area contributed by atoms with Gasteiger partial charge in [0.15, 0.2) is 0 Å². The first-order valence-electron chi connectivity index (χ1n) is 6.80. The van der Waals surface area contributed by atoms with Gasteiger partial charge in [-0.1, -0.05) is 43.2 Å². The molecule has 0 radical (unpaired) electrons. The molecular weight excluding hydrogens is 242 g/mol. The first-order valence-corrected chi connectivity index (χ1v) is 6.80. The third kappa shape index (κ3) is 3.70. The molecule has 0 aromatic heterocycles. The Labute approximate surface area is 114 Å². The van der Waals surface area contributed by atoms with Gasteiger partial charge >= 0.3 is 6.09 Å². The number of carbonyl (C=O) groups is 1. The third-order valence-corrected chi connectivity index (χ3v) is 3.68. The lowest BCUT2D eigenvalue weighted by atomic mass is 9.92. The summed E-state index contributed by atoms with van der Waals surface area (Å²) in [6, 6.07) is 9.48. The minimum absolute atomic E-state index is 0.114. The number of aliphatic hydroxyl groups is 1. The molecular formula is C15H21NO3. The standard InChI is InChI=1S/C15H21NO3/c1-16(13-9-5-6-10-14(13)17)15(18)19-11-12-7-3-2-4-8-12/h2-4,7-8,13-14,17H,5-6,9-11H2,1H3/t13-,14-/m0/s1. The van der Waals surface area contributed by atoms with Crippen molar-refractivity contribution in [2.75, 3.05) is 7.05 Å². The fraction of sp³-hybridized carbons (Fsp3) is 0.533. The number of carbonyl (C=O) groups excluding carboxylic acids is 1. The number of hydrogen-bond acceptors (Lipinski definition) is 3. The molecule has 1 aliphatic rings. The van der Waals surface area contributed by atoms with Gasteiger partial charge in [0, 0.05) is 7.05 Å². The lowest BCUT2D eigenvalue weighted by Gasteiger charge is -2.34. The Morgan fingerprint density at radius 3 is 2.68 bits per heavy atom. The van der Waals surface area contributed by atoms with Crippen LogP contribution in [0.15, 0.2) is 30.3 Å². The maximum absolute atomic E-state index is 12.0. The van der Waals surface area contributed by atoms with Crippen LogP contribution >= 0.6 is 0 Å². The van der Waals surface area contributed by atoms with Crippen molar-refractivity contribution < 1.29 is 14.6 Å². The van der Waals surface area contributed by atoms with Crippen molar-refractivity contribution in [3.8, 4) is 0 Å². The molecule has 1 fully saturated rings. The average molecular weight is 263 g/mol. The zero-order chi connectivity index (χ0) is 13.7. The second-order valence-electron chi connectivity index (χ2n) is 5.07. The molecule has 19 heavy (non-hydrogen) atoms. The second kappa shape index (κ2) is 6.57. The maximum atomic E-state index is 12.0. The van der Waals surface area contributed by atoms with Crippen LogP contribution < -0.4 is 0 Å². The van der Waals surface area contributed by atoms with Gasteiger partial charge in [0.05, 0.1) is 12.1 Å². The van der Waals surface area contributed by atoms with Gasteiger partial charge in [-0.3, -0.25) is 0 Å². The lowest BCUT2D eigenvalue weighted by molar-refractivity contribution is 0.0213. The Balaban J connectivity index is 1.85. The van der Waals surface area contributed by atoms with Crippen LogP contribution in [0.3, 0.4) is 0 Å². The number of benzene rings is 1. The van der Waals surface area contributed by atoms with Gasteiger partial charge in [-0.2, -0.15) is 0 Å². The highest BCUT2D eigenvalue weighted by atomic mass is 16.6. The van der Waals surface area contributed by atoms with E-state index in [1.165, 1.54) is 4.90 Å². The van der Waals surface area contributed by atoms with E-state index >= 15 is 0 Å². The maximum Gasteiger partial charge on any atom is 0.410 e. The van der Waals surface area contributed by atoms with E-state index in [2.05, 4.69) is 0 Å². The van der Waals surface area contributed by atoms with Gasteiger partial charge in [-0.25, -0.2) is 4.79 Å². The molecule has 0 saturated heterocycles. The van der Waals surface area contributed by atoms with Crippen LogP contribution in [0, 0.1) is 0 Å². The summed E-state index contributed by atoms with van der Waals surface area (Å²) in [5.74, 6) is 0. The van der Waals surface area contributed by atoms with Crippen LogP contribution in [0.1, 0.15) is 31.2 Å². The summed E-state index contributed by atoms with van der Waals surface area (Å²) in [6.45, 7) is 0.271. The minimum atomic E-state index is -0.428. The monoisotopic (exact) mass is 263 g/mol. The summed E-state index contributed by atoms with van der Waals surface area (Å²) in [6.07, 6.45) is 2.90. The largest absolute Gasteiger partial charge is 0.445 e. The molecule has 0 heterocycles. The third-order valence-electron chi connectivity index (χ3n) is 3.68. The lowest BCUT2D eigenvalue weighted by Crippen LogP contribution is -2.46. The fourth-order valence-corrected chi connectivity index (χ4v) is 2.50. The summed E-state index contributed by atoms with van der Waals surface area (Å²) in [5, 5.41) is 9.92. The van der Waals surface area contributed by atoms with Crippen molar-refractivity contribution in [1.82, 2.24) is 4.90 Å². The number of ether oxygens (including phenoxy) is 1. The Morgan fingerprint density at radius 2 is 2.00 bits per heavy atom. The molecule has 0 spiro atoms. The molecule has 1 amide bonds. The van der Waals surface area contributed by atoms with Crippen molar-refractivity contribution in [2.45, 2.75) is 44.4 Å². The van der Waals surface area contributed by atoms with Crippen molar-refractivity contribution in [1.29, 1.82) is 0 Å². The number of likely N-dealkylation sites (N-methyl/N-ethyl adjacent to an activating group) is 1. The molecule has 1 aromatic rings. The van der Waals surface area contributed by atoms with E-state index in [-0.39, 0.29) is 18.7 Å². The SMILES string of the molecule is CN(C(=O)OCc1ccccc1)[C@H]1CCCC[C@@H]1O. The molecule has 0 bridgehead atoms. The summed E-state index contributed by atoms with van der Waals surface area (Å²) >= 11 is 0. The fourth-order valence-electron chi connectivity index (χ4n) is 2.50. The van der Waals surface area contributed by atoms with E-state index in [1.807, 2.05) is 30.3 Å². The highest BCUT2D eigenvalue weighted by Crippen LogP contribution is 2.22. The molecule has 0 unspecified atom stereocenters. The van der Waals surface area contributed by atoms with E-state index < -0.39 is 6.10 Å². The quantitative estimate of drug-likeness (QED) is 0.911. The molecule has 0 aliphatic heterocycles. The molecule has 1 aromatic carbocycles. The average Bonchev–Trinajstić information content (AvgIpc) is 2.45. The van der Waals surface area contributed by atoms with Crippen LogP contribution in [-0.2, 0) is 11.3 Å². The van der Waals surface area contributed by atoms with E-state index in [0.29, 0.717) is 0 Å². The topological polar surface area (TPSA) is 49.8 Å². The summed E-state index contributed by atoms with van der Waals surface area (Å²) in [4.78, 5) is 13.5. The Hall–Kier alpha value is -1.55. The zero-order valence-electron chi connectivity index (χ0n) is 11.3. The van der Waals surface area contributed by atoms with Crippen LogP contribution in [0.4, 0.5) is 4.79 Å². The number of rotatable bonds is 3. The predicted molar refractivity (Wildman–Crippen MR) is 72.7 cm³/mol. The first-order chi connectivity index (χ1) is 9.18. The van der Waals surface area contributed by atoms with E-state index in [1.54, 1.807) is 7.05 Å². The minimum Gasteiger partial charge on any atom is -0.445 e. The van der Waals surface area contributed by atoms with Gasteiger partial charge in [-0.15, -0.1) is 0 Å². The molecule has 4 nitrogen and oxygen atoms in total. The number of hydrogen-bond donors (Lipinski definition) is 1. The molecule has 1 aliphatic carbocycles. The van der Waals surface area contributed by atoms with Crippen molar-refractivity contribution in [2.24, 2.45) is 0 Å². The Morgan fingerprint density at radius 1 is 1.32 bits per heavy atom. The predicted octanol–water partition coefficient (Wildman–Crippen LogP) is 2.56. The summed E-state index contributed by atoms with van der Waals surface area (Å²) in [5.41, 5.74) is 0.966. The second-order valence-corrected chi connectivity index (χ2v) is 5.07. The van der Waals surface area contributed by atoms with E-state index in [0.717, 1.165) is 31.2 Å². The highest BCUT2D eigenvalue weighted by Gasteiger charge is 2.30. The van der Waals surface area contributed by atoms with Crippen LogP contribution in [0.5, 0.6) is 0 Å². The molecule has 1 saturated carbocycles. The van der Waals surface area contributed by atoms with E-state index in [4.69, 9.17) is 4.74 Å². The Kier molecular flexibility index (Phi) is 4.80. The first kappa shape index (κ1) is 13.9. The van der Waals surface area contributed by atoms with E-state index in [9.17, 15) is 9.90 Å². The molecule has 1 N–H and O–H groups in total. The molecule has 4 heteroatoms. The van der Waals surface area contributed by atoms with Gasteiger partial charge in [0.25, 0.3) is 0 Å². The molecule has 2 rings (SSSR count). The van der Waals surface area contributed by atoms with Gasteiger partial charge in [0.1, 0.15) is 6.61 Å². The smallest absolute Gasteiger partial charge is 0.410 e. The number of nitrogens with zero attached hydrogens (tertiary/aromatic N) is 1.